The van der Waals surface area contributed by atoms with Gasteiger partial charge in [0.2, 0.25) is 0 Å². The zero-order chi connectivity index (χ0) is 12.3. The van der Waals surface area contributed by atoms with Gasteiger partial charge in [0, 0.05) is 19.8 Å². The van der Waals surface area contributed by atoms with Crippen molar-refractivity contribution in [1.82, 2.24) is 4.98 Å². The third kappa shape index (κ3) is 3.45. The highest BCUT2D eigenvalue weighted by Gasteiger charge is 2.19. The number of nitrogens with zero attached hydrogens (tertiary/aromatic N) is 2. The van der Waals surface area contributed by atoms with Crippen molar-refractivity contribution in [2.24, 2.45) is 11.8 Å². The van der Waals surface area contributed by atoms with E-state index in [2.05, 4.69) is 42.9 Å². The summed E-state index contributed by atoms with van der Waals surface area (Å²) in [6.07, 6.45) is 7.53. The monoisotopic (exact) mass is 232 g/mol. The minimum atomic E-state index is 0.860. The Morgan fingerprint density at radius 2 is 1.94 bits per heavy atom. The Morgan fingerprint density at radius 1 is 1.24 bits per heavy atom. The number of rotatable bonds is 3. The molecule has 17 heavy (non-hydrogen) atoms. The zero-order valence-corrected chi connectivity index (χ0v) is 11.3. The van der Waals surface area contributed by atoms with Crippen LogP contribution in [-0.2, 0) is 0 Å². The number of hydrogen-bond donors (Lipinski definition) is 0. The van der Waals surface area contributed by atoms with Crippen molar-refractivity contribution in [3.8, 4) is 0 Å². The van der Waals surface area contributed by atoms with Crippen molar-refractivity contribution in [3.05, 3.63) is 23.9 Å². The first kappa shape index (κ1) is 12.4. The predicted octanol–water partition coefficient (Wildman–Crippen LogP) is 3.65. The molecule has 0 saturated heterocycles. The van der Waals surface area contributed by atoms with Crippen LogP contribution in [-0.4, -0.2) is 18.6 Å². The number of anilines is 1. The van der Waals surface area contributed by atoms with Gasteiger partial charge >= 0.3 is 0 Å². The molecule has 1 fully saturated rings. The Balaban J connectivity index is 1.88. The lowest BCUT2D eigenvalue weighted by molar-refractivity contribution is 0.293. The fraction of sp³-hybridized carbons (Fsp3) is 0.667. The molecule has 2 heteroatoms. The Kier molecular flexibility index (Phi) is 4.03. The Hall–Kier alpha value is -1.05. The summed E-state index contributed by atoms with van der Waals surface area (Å²) in [6.45, 7) is 5.61. The van der Waals surface area contributed by atoms with Gasteiger partial charge in [-0.1, -0.05) is 25.8 Å². The van der Waals surface area contributed by atoms with E-state index in [0.29, 0.717) is 0 Å². The number of pyridine rings is 1. The van der Waals surface area contributed by atoms with Crippen LogP contribution in [0.2, 0.25) is 0 Å². The molecule has 1 aromatic rings. The first-order valence-electron chi connectivity index (χ1n) is 6.79. The molecule has 0 aromatic carbocycles. The van der Waals surface area contributed by atoms with E-state index >= 15 is 0 Å². The molecule has 0 bridgehead atoms. The second-order valence-electron chi connectivity index (χ2n) is 5.70. The molecule has 2 nitrogen and oxygen atoms in total. The zero-order valence-electron chi connectivity index (χ0n) is 11.3. The van der Waals surface area contributed by atoms with E-state index in [1.807, 2.05) is 6.20 Å². The molecule has 1 aliphatic carbocycles. The molecular weight excluding hydrogens is 208 g/mol. The summed E-state index contributed by atoms with van der Waals surface area (Å²) in [5.74, 6) is 2.91. The summed E-state index contributed by atoms with van der Waals surface area (Å²) in [5.41, 5.74) is 1.23. The molecular formula is C15H24N2. The van der Waals surface area contributed by atoms with Crippen LogP contribution < -0.4 is 4.90 Å². The molecule has 0 spiro atoms. The highest BCUT2D eigenvalue weighted by molar-refractivity contribution is 5.38. The average molecular weight is 232 g/mol. The highest BCUT2D eigenvalue weighted by Crippen LogP contribution is 2.29. The van der Waals surface area contributed by atoms with Crippen LogP contribution in [0.25, 0.3) is 0 Å². The Labute approximate surface area is 105 Å². The van der Waals surface area contributed by atoms with Gasteiger partial charge in [-0.2, -0.15) is 0 Å². The van der Waals surface area contributed by atoms with Gasteiger partial charge in [-0.25, -0.2) is 4.98 Å². The lowest BCUT2D eigenvalue weighted by Crippen LogP contribution is -2.28. The van der Waals surface area contributed by atoms with Crippen molar-refractivity contribution < 1.29 is 0 Å². The fourth-order valence-electron chi connectivity index (χ4n) is 2.68. The first-order chi connectivity index (χ1) is 8.15. The highest BCUT2D eigenvalue weighted by atomic mass is 15.2. The van der Waals surface area contributed by atoms with E-state index < -0.39 is 0 Å². The summed E-state index contributed by atoms with van der Waals surface area (Å²) in [7, 11) is 2.16. The van der Waals surface area contributed by atoms with Gasteiger partial charge in [0.1, 0.15) is 5.82 Å². The SMILES string of the molecule is Cc1ccc(N(C)CC2CCC(C)CC2)nc1. The molecule has 1 heterocycles. The van der Waals surface area contributed by atoms with Gasteiger partial charge in [-0.3, -0.25) is 0 Å². The minimum absolute atomic E-state index is 0.860. The third-order valence-corrected chi connectivity index (χ3v) is 3.95. The Morgan fingerprint density at radius 3 is 2.53 bits per heavy atom. The lowest BCUT2D eigenvalue weighted by atomic mass is 9.83. The molecule has 1 aromatic heterocycles. The molecule has 94 valence electrons. The predicted molar refractivity (Wildman–Crippen MR) is 73.4 cm³/mol. The van der Waals surface area contributed by atoms with Crippen LogP contribution in [0.15, 0.2) is 18.3 Å². The van der Waals surface area contributed by atoms with Crippen molar-refractivity contribution in [1.29, 1.82) is 0 Å². The third-order valence-electron chi connectivity index (χ3n) is 3.95. The molecule has 0 atom stereocenters. The van der Waals surface area contributed by atoms with Crippen LogP contribution in [0.1, 0.15) is 38.2 Å². The topological polar surface area (TPSA) is 16.1 Å². The molecule has 0 aliphatic heterocycles. The van der Waals surface area contributed by atoms with Crippen LogP contribution in [0.4, 0.5) is 5.82 Å². The molecule has 1 saturated carbocycles. The van der Waals surface area contributed by atoms with Crippen LogP contribution in [0, 0.1) is 18.8 Å². The molecule has 1 aliphatic rings. The Bertz CT molecular complexity index is 336. The van der Waals surface area contributed by atoms with E-state index in [-0.39, 0.29) is 0 Å². The van der Waals surface area contributed by atoms with Crippen molar-refractivity contribution in [3.63, 3.8) is 0 Å². The minimum Gasteiger partial charge on any atom is -0.359 e. The van der Waals surface area contributed by atoms with E-state index in [1.54, 1.807) is 0 Å². The number of aromatic nitrogens is 1. The smallest absolute Gasteiger partial charge is 0.128 e. The number of aryl methyl sites for hydroxylation is 1. The van der Waals surface area contributed by atoms with Crippen molar-refractivity contribution in [2.75, 3.05) is 18.5 Å². The molecule has 0 unspecified atom stereocenters. The molecule has 2 rings (SSSR count). The summed E-state index contributed by atoms with van der Waals surface area (Å²) >= 11 is 0. The fourth-order valence-corrected chi connectivity index (χ4v) is 2.68. The van der Waals surface area contributed by atoms with Crippen molar-refractivity contribution >= 4 is 5.82 Å². The maximum absolute atomic E-state index is 4.48. The maximum atomic E-state index is 4.48. The first-order valence-corrected chi connectivity index (χ1v) is 6.79. The van der Waals surface area contributed by atoms with Gasteiger partial charge in [0.05, 0.1) is 0 Å². The van der Waals surface area contributed by atoms with E-state index in [4.69, 9.17) is 0 Å². The van der Waals surface area contributed by atoms with Crippen LogP contribution in [0.3, 0.4) is 0 Å². The van der Waals surface area contributed by atoms with Crippen LogP contribution in [0.5, 0.6) is 0 Å². The lowest BCUT2D eigenvalue weighted by Gasteiger charge is -2.30. The van der Waals surface area contributed by atoms with Gasteiger partial charge in [0.15, 0.2) is 0 Å². The van der Waals surface area contributed by atoms with Gasteiger partial charge in [0.25, 0.3) is 0 Å². The summed E-state index contributed by atoms with van der Waals surface area (Å²) in [4.78, 5) is 6.79. The molecule has 0 N–H and O–H groups in total. The van der Waals surface area contributed by atoms with E-state index in [9.17, 15) is 0 Å². The second kappa shape index (κ2) is 5.52. The van der Waals surface area contributed by atoms with Gasteiger partial charge < -0.3 is 4.90 Å². The average Bonchev–Trinajstić information content (AvgIpc) is 2.33. The molecule has 0 amide bonds. The maximum Gasteiger partial charge on any atom is 0.128 e. The van der Waals surface area contributed by atoms with E-state index in [0.717, 1.165) is 24.2 Å². The normalized spacial score (nSPS) is 24.6. The van der Waals surface area contributed by atoms with E-state index in [1.165, 1.54) is 31.2 Å². The second-order valence-corrected chi connectivity index (χ2v) is 5.70. The standard InChI is InChI=1S/C15H24N2/c1-12-4-7-14(8-5-12)11-17(3)15-9-6-13(2)10-16-15/h6,9-10,12,14H,4-5,7-8,11H2,1-3H3. The van der Waals surface area contributed by atoms with Crippen molar-refractivity contribution in [2.45, 2.75) is 39.5 Å². The summed E-state index contributed by atoms with van der Waals surface area (Å²) < 4.78 is 0. The van der Waals surface area contributed by atoms with Crippen LogP contribution >= 0.6 is 0 Å². The summed E-state index contributed by atoms with van der Waals surface area (Å²) in [5, 5.41) is 0. The number of hydrogen-bond acceptors (Lipinski definition) is 2. The van der Waals surface area contributed by atoms with Gasteiger partial charge in [-0.05, 0) is 43.2 Å². The molecule has 0 radical (unpaired) electrons. The quantitative estimate of drug-likeness (QED) is 0.790. The largest absolute Gasteiger partial charge is 0.359 e. The summed E-state index contributed by atoms with van der Waals surface area (Å²) in [6, 6.07) is 4.27. The van der Waals surface area contributed by atoms with Gasteiger partial charge in [-0.15, -0.1) is 0 Å².